The topological polar surface area (TPSA) is 77.6 Å². The van der Waals surface area contributed by atoms with Crippen molar-refractivity contribution in [3.05, 3.63) is 16.6 Å². The van der Waals surface area contributed by atoms with E-state index < -0.39 is 0 Å². The number of rotatable bonds is 5. The fraction of sp³-hybridized carbons (Fsp3) is 0.636. The summed E-state index contributed by atoms with van der Waals surface area (Å²) in [4.78, 5) is 12.1. The van der Waals surface area contributed by atoms with Gasteiger partial charge in [0.15, 0.2) is 5.65 Å². The van der Waals surface area contributed by atoms with Gasteiger partial charge in [-0.15, -0.1) is 5.10 Å². The van der Waals surface area contributed by atoms with Crippen LogP contribution in [0.4, 0.5) is 0 Å². The molecule has 2 aromatic rings. The fourth-order valence-corrected chi connectivity index (χ4v) is 1.89. The molecule has 0 aromatic carbocycles. The predicted molar refractivity (Wildman–Crippen MR) is 68.3 cm³/mol. The smallest absolute Gasteiger partial charge is 0.280 e. The molecule has 1 atom stereocenters. The molecule has 98 valence electrons. The van der Waals surface area contributed by atoms with Crippen molar-refractivity contribution in [2.75, 3.05) is 6.54 Å². The lowest BCUT2D eigenvalue weighted by atomic mass is 10.2. The van der Waals surface area contributed by atoms with Crippen LogP contribution in [0.25, 0.3) is 11.0 Å². The predicted octanol–water partition coefficient (Wildman–Crippen LogP) is -0.0869. The Kier molecular flexibility index (Phi) is 3.71. The van der Waals surface area contributed by atoms with Crippen LogP contribution in [0.1, 0.15) is 20.3 Å². The Labute approximate surface area is 105 Å². The van der Waals surface area contributed by atoms with Crippen molar-refractivity contribution in [1.29, 1.82) is 0 Å². The van der Waals surface area contributed by atoms with Crippen LogP contribution in [0, 0.1) is 0 Å². The van der Waals surface area contributed by atoms with Crippen molar-refractivity contribution in [1.82, 2.24) is 30.1 Å². The highest BCUT2D eigenvalue weighted by molar-refractivity contribution is 5.72. The Hall–Kier alpha value is -1.76. The molecule has 0 radical (unpaired) electrons. The van der Waals surface area contributed by atoms with E-state index in [-0.39, 0.29) is 5.56 Å². The van der Waals surface area contributed by atoms with Gasteiger partial charge in [-0.2, -0.15) is 5.10 Å². The van der Waals surface area contributed by atoms with Crippen LogP contribution in [-0.2, 0) is 13.6 Å². The Bertz CT molecular complexity index is 587. The molecule has 18 heavy (non-hydrogen) atoms. The van der Waals surface area contributed by atoms with Gasteiger partial charge in [0, 0.05) is 19.6 Å². The minimum Gasteiger partial charge on any atom is -0.314 e. The van der Waals surface area contributed by atoms with E-state index >= 15 is 0 Å². The lowest BCUT2D eigenvalue weighted by molar-refractivity contribution is 0.446. The minimum atomic E-state index is -0.128. The Morgan fingerprint density at radius 2 is 2.28 bits per heavy atom. The first-order valence-electron chi connectivity index (χ1n) is 6.12. The molecular weight excluding hydrogens is 232 g/mol. The maximum atomic E-state index is 12.1. The van der Waals surface area contributed by atoms with Gasteiger partial charge in [0.2, 0.25) is 0 Å². The Morgan fingerprint density at radius 1 is 1.50 bits per heavy atom. The molecule has 0 bridgehead atoms. The summed E-state index contributed by atoms with van der Waals surface area (Å²) in [5.74, 6) is 0. The minimum absolute atomic E-state index is 0.128. The number of aromatic nitrogens is 5. The van der Waals surface area contributed by atoms with Gasteiger partial charge in [-0.1, -0.05) is 12.1 Å². The second kappa shape index (κ2) is 5.26. The molecule has 0 aliphatic heterocycles. The van der Waals surface area contributed by atoms with E-state index in [0.29, 0.717) is 23.6 Å². The van der Waals surface area contributed by atoms with Crippen molar-refractivity contribution in [3.63, 3.8) is 0 Å². The molecule has 2 heterocycles. The van der Waals surface area contributed by atoms with Crippen LogP contribution in [0.2, 0.25) is 0 Å². The summed E-state index contributed by atoms with van der Waals surface area (Å²) in [7, 11) is 1.74. The number of nitrogens with one attached hydrogen (secondary N) is 1. The Morgan fingerprint density at radius 3 is 3.00 bits per heavy atom. The monoisotopic (exact) mass is 250 g/mol. The molecule has 2 aromatic heterocycles. The van der Waals surface area contributed by atoms with E-state index in [1.54, 1.807) is 11.7 Å². The zero-order valence-electron chi connectivity index (χ0n) is 10.9. The van der Waals surface area contributed by atoms with Crippen LogP contribution < -0.4 is 10.9 Å². The highest BCUT2D eigenvalue weighted by atomic mass is 16.1. The van der Waals surface area contributed by atoms with Gasteiger partial charge in [-0.05, 0) is 19.9 Å². The summed E-state index contributed by atoms with van der Waals surface area (Å²) >= 11 is 0. The third-order valence-electron chi connectivity index (χ3n) is 2.95. The van der Waals surface area contributed by atoms with E-state index in [2.05, 4.69) is 34.6 Å². The lowest BCUT2D eigenvalue weighted by Gasteiger charge is -2.11. The van der Waals surface area contributed by atoms with Crippen molar-refractivity contribution in [2.24, 2.45) is 7.05 Å². The second-order valence-corrected chi connectivity index (χ2v) is 4.37. The maximum Gasteiger partial charge on any atom is 0.280 e. The van der Waals surface area contributed by atoms with E-state index in [0.717, 1.165) is 13.0 Å². The largest absolute Gasteiger partial charge is 0.314 e. The summed E-state index contributed by atoms with van der Waals surface area (Å²) in [5, 5.41) is 15.8. The first kappa shape index (κ1) is 12.7. The van der Waals surface area contributed by atoms with Gasteiger partial charge >= 0.3 is 0 Å². The normalized spacial score (nSPS) is 13.1. The Balaban J connectivity index is 2.19. The second-order valence-electron chi connectivity index (χ2n) is 4.37. The van der Waals surface area contributed by atoms with Crippen molar-refractivity contribution in [3.8, 4) is 0 Å². The fourth-order valence-electron chi connectivity index (χ4n) is 1.89. The molecule has 7 heteroatoms. The van der Waals surface area contributed by atoms with E-state index in [9.17, 15) is 4.79 Å². The molecule has 0 amide bonds. The summed E-state index contributed by atoms with van der Waals surface area (Å²) < 4.78 is 2.95. The van der Waals surface area contributed by atoms with Gasteiger partial charge in [-0.25, -0.2) is 9.36 Å². The molecule has 2 rings (SSSR count). The average molecular weight is 250 g/mol. The molecule has 0 saturated heterocycles. The van der Waals surface area contributed by atoms with E-state index in [1.807, 2.05) is 0 Å². The molecule has 0 spiro atoms. The number of hydrogen-bond acceptors (Lipinski definition) is 5. The summed E-state index contributed by atoms with van der Waals surface area (Å²) in [6.07, 6.45) is 2.38. The zero-order valence-corrected chi connectivity index (χ0v) is 10.9. The highest BCUT2D eigenvalue weighted by Gasteiger charge is 2.10. The van der Waals surface area contributed by atoms with Crippen molar-refractivity contribution in [2.45, 2.75) is 32.9 Å². The summed E-state index contributed by atoms with van der Waals surface area (Å²) in [5.41, 5.74) is 0.396. The number of nitrogens with zero attached hydrogens (tertiary/aromatic N) is 5. The van der Waals surface area contributed by atoms with Crippen LogP contribution >= 0.6 is 0 Å². The number of aryl methyl sites for hydroxylation is 2. The number of hydrogen-bond donors (Lipinski definition) is 1. The first-order chi connectivity index (χ1) is 8.63. The lowest BCUT2D eigenvalue weighted by Crippen LogP contribution is -2.30. The molecule has 0 fully saturated rings. The van der Waals surface area contributed by atoms with Gasteiger partial charge < -0.3 is 5.32 Å². The van der Waals surface area contributed by atoms with Gasteiger partial charge in [0.05, 0.1) is 6.20 Å². The molecule has 0 aliphatic carbocycles. The number of fused-ring (bicyclic) bond motifs is 1. The van der Waals surface area contributed by atoms with E-state index in [1.165, 1.54) is 10.9 Å². The van der Waals surface area contributed by atoms with Gasteiger partial charge in [0.25, 0.3) is 5.56 Å². The van der Waals surface area contributed by atoms with Gasteiger partial charge in [0.1, 0.15) is 5.39 Å². The molecule has 0 saturated carbocycles. The SMILES string of the molecule is CCNC(C)CCn1nnc2c(cnn2C)c1=O. The van der Waals surface area contributed by atoms with Crippen LogP contribution in [-0.4, -0.2) is 37.4 Å². The standard InChI is InChI=1S/C11H18N6O/c1-4-12-8(2)5-6-17-11(18)9-7-13-16(3)10(9)14-15-17/h7-8,12H,4-6H2,1-3H3. The quantitative estimate of drug-likeness (QED) is 0.802. The van der Waals surface area contributed by atoms with E-state index in [4.69, 9.17) is 0 Å². The molecule has 1 unspecified atom stereocenters. The molecule has 7 nitrogen and oxygen atoms in total. The molecular formula is C11H18N6O. The van der Waals surface area contributed by atoms with Crippen LogP contribution in [0.3, 0.4) is 0 Å². The average Bonchev–Trinajstić information content (AvgIpc) is 2.72. The van der Waals surface area contributed by atoms with Gasteiger partial charge in [-0.3, -0.25) is 4.79 Å². The maximum absolute atomic E-state index is 12.1. The first-order valence-corrected chi connectivity index (χ1v) is 6.12. The molecule has 1 N–H and O–H groups in total. The highest BCUT2D eigenvalue weighted by Crippen LogP contribution is 2.02. The van der Waals surface area contributed by atoms with Crippen molar-refractivity contribution < 1.29 is 0 Å². The zero-order chi connectivity index (χ0) is 13.1. The molecule has 0 aliphatic rings. The van der Waals surface area contributed by atoms with Crippen LogP contribution in [0.5, 0.6) is 0 Å². The third-order valence-corrected chi connectivity index (χ3v) is 2.95. The van der Waals surface area contributed by atoms with Crippen molar-refractivity contribution >= 4 is 11.0 Å². The third kappa shape index (κ3) is 2.40. The summed E-state index contributed by atoms with van der Waals surface area (Å²) in [6.45, 7) is 5.63. The van der Waals surface area contributed by atoms with Crippen LogP contribution in [0.15, 0.2) is 11.0 Å². The summed E-state index contributed by atoms with van der Waals surface area (Å²) in [6, 6.07) is 0.355.